The van der Waals surface area contributed by atoms with Crippen LogP contribution in [0.4, 0.5) is 0 Å². The van der Waals surface area contributed by atoms with E-state index in [1.54, 1.807) is 0 Å². The number of rotatable bonds is 3. The number of amides is 1. The zero-order valence-electron chi connectivity index (χ0n) is 12.7. The minimum absolute atomic E-state index is 0.0431. The van der Waals surface area contributed by atoms with Crippen LogP contribution in [0.15, 0.2) is 24.3 Å². The van der Waals surface area contributed by atoms with Gasteiger partial charge in [-0.2, -0.15) is 5.10 Å². The van der Waals surface area contributed by atoms with Crippen LogP contribution >= 0.6 is 11.6 Å². The van der Waals surface area contributed by atoms with Crippen molar-refractivity contribution in [1.82, 2.24) is 15.5 Å². The topological polar surface area (TPSA) is 57.8 Å². The molecule has 5 rings (SSSR count). The Labute approximate surface area is 139 Å². The van der Waals surface area contributed by atoms with E-state index in [-0.39, 0.29) is 11.4 Å². The lowest BCUT2D eigenvalue weighted by Crippen LogP contribution is -2.51. The first-order valence-corrected chi connectivity index (χ1v) is 8.70. The number of halogens is 1. The minimum atomic E-state index is -0.255. The van der Waals surface area contributed by atoms with Crippen molar-refractivity contribution in [3.63, 3.8) is 0 Å². The molecule has 2 aromatic rings. The third-order valence-corrected chi connectivity index (χ3v) is 6.08. The van der Waals surface area contributed by atoms with Crippen molar-refractivity contribution in [2.75, 3.05) is 0 Å². The molecule has 3 aliphatic carbocycles. The molecule has 3 aliphatic rings. The summed E-state index contributed by atoms with van der Waals surface area (Å²) in [5.41, 5.74) is 3.84. The van der Waals surface area contributed by atoms with Gasteiger partial charge in [-0.15, -0.1) is 0 Å². The third kappa shape index (κ3) is 1.97. The van der Waals surface area contributed by atoms with Crippen LogP contribution in [0.1, 0.15) is 58.9 Å². The van der Waals surface area contributed by atoms with Gasteiger partial charge in [0, 0.05) is 22.2 Å². The van der Waals surface area contributed by atoms with E-state index in [1.165, 1.54) is 12.1 Å². The zero-order chi connectivity index (χ0) is 15.6. The normalized spacial score (nSPS) is 26.1. The van der Waals surface area contributed by atoms with Crippen molar-refractivity contribution < 1.29 is 4.79 Å². The molecule has 0 aliphatic heterocycles. The van der Waals surface area contributed by atoms with Crippen molar-refractivity contribution in [2.24, 2.45) is 5.92 Å². The van der Waals surface area contributed by atoms with Gasteiger partial charge in [-0.3, -0.25) is 9.89 Å². The summed E-state index contributed by atoms with van der Waals surface area (Å²) in [6.45, 7) is 0. The highest BCUT2D eigenvalue weighted by Crippen LogP contribution is 2.56. The van der Waals surface area contributed by atoms with E-state index in [0.29, 0.717) is 11.6 Å². The Morgan fingerprint density at radius 1 is 1.30 bits per heavy atom. The van der Waals surface area contributed by atoms with E-state index in [1.807, 2.05) is 24.3 Å². The molecule has 0 bridgehead atoms. The van der Waals surface area contributed by atoms with Crippen molar-refractivity contribution in [1.29, 1.82) is 0 Å². The van der Waals surface area contributed by atoms with Crippen LogP contribution in [0.3, 0.4) is 0 Å². The number of nitrogens with one attached hydrogen (secondary N) is 2. The number of nitrogens with zero attached hydrogens (tertiary/aromatic N) is 1. The second kappa shape index (κ2) is 4.60. The van der Waals surface area contributed by atoms with Gasteiger partial charge < -0.3 is 5.32 Å². The van der Waals surface area contributed by atoms with Crippen LogP contribution in [0.25, 0.3) is 0 Å². The molecule has 2 N–H and O–H groups in total. The SMILES string of the molecule is O=C(NC1(c2ccc(Cl)cc2)CCC1)c1n[nH]c2c1CC1CC21. The van der Waals surface area contributed by atoms with E-state index >= 15 is 0 Å². The monoisotopic (exact) mass is 327 g/mol. The Morgan fingerprint density at radius 3 is 2.78 bits per heavy atom. The van der Waals surface area contributed by atoms with Gasteiger partial charge in [0.1, 0.15) is 0 Å². The molecule has 1 heterocycles. The van der Waals surface area contributed by atoms with Crippen molar-refractivity contribution >= 4 is 17.5 Å². The average Bonchev–Trinajstić information content (AvgIpc) is 2.99. The van der Waals surface area contributed by atoms with E-state index in [0.717, 1.165) is 47.8 Å². The summed E-state index contributed by atoms with van der Waals surface area (Å²) in [6.07, 6.45) is 5.33. The Hall–Kier alpha value is -1.81. The van der Waals surface area contributed by atoms with Crippen LogP contribution in [-0.4, -0.2) is 16.1 Å². The molecule has 0 saturated heterocycles. The van der Waals surface area contributed by atoms with E-state index in [9.17, 15) is 4.79 Å². The number of hydrogen-bond donors (Lipinski definition) is 2. The van der Waals surface area contributed by atoms with E-state index in [2.05, 4.69) is 15.5 Å². The summed E-state index contributed by atoms with van der Waals surface area (Å²) in [6, 6.07) is 7.82. The van der Waals surface area contributed by atoms with Gasteiger partial charge >= 0.3 is 0 Å². The van der Waals surface area contributed by atoms with Crippen molar-refractivity contribution in [3.8, 4) is 0 Å². The third-order valence-electron chi connectivity index (χ3n) is 5.83. The maximum Gasteiger partial charge on any atom is 0.272 e. The van der Waals surface area contributed by atoms with Gasteiger partial charge in [0.25, 0.3) is 5.91 Å². The highest BCUT2D eigenvalue weighted by atomic mass is 35.5. The summed E-state index contributed by atoms with van der Waals surface area (Å²) in [7, 11) is 0. The lowest BCUT2D eigenvalue weighted by Gasteiger charge is -2.43. The summed E-state index contributed by atoms with van der Waals surface area (Å²) < 4.78 is 0. The van der Waals surface area contributed by atoms with Crippen LogP contribution in [0.2, 0.25) is 5.02 Å². The minimum Gasteiger partial charge on any atom is -0.341 e. The average molecular weight is 328 g/mol. The lowest BCUT2D eigenvalue weighted by molar-refractivity contribution is 0.0817. The fourth-order valence-corrected chi connectivity index (χ4v) is 4.36. The van der Waals surface area contributed by atoms with E-state index in [4.69, 9.17) is 11.6 Å². The molecule has 1 amide bonds. The summed E-state index contributed by atoms with van der Waals surface area (Å²) in [4.78, 5) is 12.8. The number of benzene rings is 1. The number of fused-ring (bicyclic) bond motifs is 3. The van der Waals surface area contributed by atoms with Crippen LogP contribution in [-0.2, 0) is 12.0 Å². The molecule has 5 heteroatoms. The second-order valence-electron chi connectivity index (χ2n) is 7.17. The number of aromatic nitrogens is 2. The predicted molar refractivity (Wildman–Crippen MR) is 87.6 cm³/mol. The maximum absolute atomic E-state index is 12.8. The fraction of sp³-hybridized carbons (Fsp3) is 0.444. The van der Waals surface area contributed by atoms with Gasteiger partial charge in [-0.1, -0.05) is 23.7 Å². The summed E-state index contributed by atoms with van der Waals surface area (Å²) in [5.74, 6) is 1.34. The Balaban J connectivity index is 1.42. The fourth-order valence-electron chi connectivity index (χ4n) is 4.23. The molecule has 118 valence electrons. The number of carbonyl (C=O) groups excluding carboxylic acids is 1. The van der Waals surface area contributed by atoms with Crippen LogP contribution < -0.4 is 5.32 Å². The highest BCUT2D eigenvalue weighted by molar-refractivity contribution is 6.30. The number of hydrogen-bond acceptors (Lipinski definition) is 2. The molecule has 2 saturated carbocycles. The predicted octanol–water partition coefficient (Wildman–Crippen LogP) is 3.53. The molecular formula is C18H18ClN3O. The first kappa shape index (κ1) is 13.6. The Kier molecular flexibility index (Phi) is 2.72. The molecule has 4 nitrogen and oxygen atoms in total. The van der Waals surface area contributed by atoms with E-state index < -0.39 is 0 Å². The lowest BCUT2D eigenvalue weighted by atomic mass is 9.71. The molecular weight excluding hydrogens is 310 g/mol. The maximum atomic E-state index is 12.8. The van der Waals surface area contributed by atoms with Gasteiger partial charge in [0.15, 0.2) is 5.69 Å². The molecule has 0 spiro atoms. The smallest absolute Gasteiger partial charge is 0.272 e. The van der Waals surface area contributed by atoms with Gasteiger partial charge in [0.05, 0.1) is 5.54 Å². The number of H-pyrrole nitrogens is 1. The molecule has 2 unspecified atom stereocenters. The first-order chi connectivity index (χ1) is 11.2. The molecule has 2 atom stereocenters. The highest BCUT2D eigenvalue weighted by Gasteiger charge is 2.49. The largest absolute Gasteiger partial charge is 0.341 e. The van der Waals surface area contributed by atoms with Crippen LogP contribution in [0.5, 0.6) is 0 Å². The molecule has 1 aromatic carbocycles. The van der Waals surface area contributed by atoms with Crippen LogP contribution in [0, 0.1) is 5.92 Å². The number of aromatic amines is 1. The van der Waals surface area contributed by atoms with Crippen molar-refractivity contribution in [3.05, 3.63) is 51.8 Å². The quantitative estimate of drug-likeness (QED) is 0.906. The second-order valence-corrected chi connectivity index (χ2v) is 7.60. The van der Waals surface area contributed by atoms with Crippen molar-refractivity contribution in [2.45, 2.75) is 43.6 Å². The zero-order valence-corrected chi connectivity index (χ0v) is 13.5. The standard InChI is InChI=1S/C18H18ClN3O/c19-12-4-2-11(3-5-12)18(6-1-7-18)20-17(23)16-14-9-10-8-13(10)15(14)21-22-16/h2-5,10,13H,1,6-9H2,(H,20,23)(H,21,22). The van der Waals surface area contributed by atoms with Gasteiger partial charge in [-0.25, -0.2) is 0 Å². The summed E-state index contributed by atoms with van der Waals surface area (Å²) in [5, 5.41) is 11.4. The Morgan fingerprint density at radius 2 is 2.09 bits per heavy atom. The first-order valence-electron chi connectivity index (χ1n) is 8.32. The Bertz CT molecular complexity index is 791. The molecule has 23 heavy (non-hydrogen) atoms. The molecule has 2 fully saturated rings. The molecule has 0 radical (unpaired) electrons. The number of carbonyl (C=O) groups is 1. The molecule has 1 aromatic heterocycles. The van der Waals surface area contributed by atoms with Gasteiger partial charge in [0.2, 0.25) is 0 Å². The van der Waals surface area contributed by atoms with Gasteiger partial charge in [-0.05, 0) is 55.7 Å². The summed E-state index contributed by atoms with van der Waals surface area (Å²) >= 11 is 5.99.